The number of amides is 1. The molecule has 7 nitrogen and oxygen atoms in total. The summed E-state index contributed by atoms with van der Waals surface area (Å²) < 4.78 is 30.8. The molecule has 2 heterocycles. The number of halogens is 2. The quantitative estimate of drug-likeness (QED) is 0.540. The summed E-state index contributed by atoms with van der Waals surface area (Å²) in [5.74, 6) is -1.22. The van der Waals surface area contributed by atoms with E-state index in [0.29, 0.717) is 0 Å². The van der Waals surface area contributed by atoms with Crippen LogP contribution in [0.15, 0.2) is 12.3 Å². The molecule has 0 aromatic heterocycles. The average molecular weight is 293 g/mol. The van der Waals surface area contributed by atoms with Gasteiger partial charge in [-0.3, -0.25) is 14.5 Å². The van der Waals surface area contributed by atoms with Gasteiger partial charge in [0.1, 0.15) is 12.2 Å². The van der Waals surface area contributed by atoms with Gasteiger partial charge in [0, 0.05) is 6.20 Å². The van der Waals surface area contributed by atoms with Gasteiger partial charge in [-0.15, -0.1) is 0 Å². The van der Waals surface area contributed by atoms with Gasteiger partial charge in [-0.1, -0.05) is 0 Å². The molecule has 1 fully saturated rings. The lowest BCUT2D eigenvalue weighted by Crippen LogP contribution is -2.52. The van der Waals surface area contributed by atoms with Gasteiger partial charge in [0.05, 0.1) is 13.0 Å². The van der Waals surface area contributed by atoms with Gasteiger partial charge in [0.15, 0.2) is 17.6 Å². The second kappa shape index (κ2) is 5.17. The fourth-order valence-corrected chi connectivity index (χ4v) is 2.18. The number of rotatable bonds is 3. The lowest BCUT2D eigenvalue weighted by Gasteiger charge is -2.31. The van der Waals surface area contributed by atoms with Crippen LogP contribution in [0.5, 0.6) is 0 Å². The minimum Gasteiger partial charge on any atom is -0.393 e. The number of ketones is 1. The van der Waals surface area contributed by atoms with E-state index in [2.05, 4.69) is 0 Å². The molecule has 0 saturated carbocycles. The fraction of sp³-hybridized carbons (Fsp3) is 0.636. The van der Waals surface area contributed by atoms with Crippen molar-refractivity contribution >= 4 is 11.7 Å². The Bertz CT molecular complexity index is 456. The van der Waals surface area contributed by atoms with E-state index in [0.717, 1.165) is 17.2 Å². The number of carbonyl (C=O) groups is 2. The van der Waals surface area contributed by atoms with Crippen molar-refractivity contribution in [3.8, 4) is 0 Å². The molecular formula is C11H13F2NO6. The third-order valence-electron chi connectivity index (χ3n) is 3.38. The van der Waals surface area contributed by atoms with Crippen molar-refractivity contribution in [2.45, 2.75) is 36.9 Å². The summed E-state index contributed by atoms with van der Waals surface area (Å²) in [7, 11) is 0. The Labute approximate surface area is 112 Å². The van der Waals surface area contributed by atoms with E-state index in [1.165, 1.54) is 0 Å². The first-order valence-corrected chi connectivity index (χ1v) is 5.78. The van der Waals surface area contributed by atoms with Gasteiger partial charge < -0.3 is 20.1 Å². The molecule has 2 aliphatic rings. The summed E-state index contributed by atoms with van der Waals surface area (Å²) in [4.78, 5) is 23.4. The minimum absolute atomic E-state index is 0.471. The number of aliphatic hydroxyl groups is 3. The molecule has 0 aliphatic carbocycles. The molecule has 9 heteroatoms. The Balaban J connectivity index is 2.29. The topological polar surface area (TPSA) is 107 Å². The van der Waals surface area contributed by atoms with E-state index in [1.54, 1.807) is 0 Å². The van der Waals surface area contributed by atoms with Crippen LogP contribution in [0.1, 0.15) is 6.42 Å². The molecule has 1 saturated heterocycles. The standard InChI is InChI=1S/C11H13F2NO6/c12-10(13)11(4-15)8(19)7(18)9(20-11)14-2-1-5(16)3-6(14)17/h1-2,7-10,15,18-19H,3-4H2/t7-,8+,9-,11-/m1/s1. The maximum Gasteiger partial charge on any atom is 0.272 e. The molecule has 3 N–H and O–H groups in total. The van der Waals surface area contributed by atoms with Crippen LogP contribution in [0.2, 0.25) is 0 Å². The highest BCUT2D eigenvalue weighted by Gasteiger charge is 2.61. The normalized spacial score (nSPS) is 38.1. The van der Waals surface area contributed by atoms with E-state index >= 15 is 0 Å². The fourth-order valence-electron chi connectivity index (χ4n) is 2.18. The van der Waals surface area contributed by atoms with Gasteiger partial charge >= 0.3 is 0 Å². The highest BCUT2D eigenvalue weighted by Crippen LogP contribution is 2.38. The predicted molar refractivity (Wildman–Crippen MR) is 58.3 cm³/mol. The molecule has 0 spiro atoms. The third kappa shape index (κ3) is 2.12. The molecule has 0 aromatic rings. The van der Waals surface area contributed by atoms with E-state index in [1.807, 2.05) is 0 Å². The minimum atomic E-state index is -3.27. The summed E-state index contributed by atoms with van der Waals surface area (Å²) in [6, 6.07) is 0. The smallest absolute Gasteiger partial charge is 0.272 e. The first-order valence-electron chi connectivity index (χ1n) is 5.78. The van der Waals surface area contributed by atoms with E-state index < -0.39 is 55.2 Å². The summed E-state index contributed by atoms with van der Waals surface area (Å²) in [5, 5.41) is 28.5. The predicted octanol–water partition coefficient (Wildman–Crippen LogP) is -1.62. The summed E-state index contributed by atoms with van der Waals surface area (Å²) >= 11 is 0. The molecule has 4 atom stereocenters. The van der Waals surface area contributed by atoms with Gasteiger partial charge in [0.2, 0.25) is 5.91 Å². The van der Waals surface area contributed by atoms with E-state index in [-0.39, 0.29) is 0 Å². The zero-order chi connectivity index (χ0) is 15.1. The molecule has 20 heavy (non-hydrogen) atoms. The summed E-state index contributed by atoms with van der Waals surface area (Å²) in [5.41, 5.74) is -2.67. The van der Waals surface area contributed by atoms with Crippen molar-refractivity contribution in [2.24, 2.45) is 0 Å². The Kier molecular flexibility index (Phi) is 3.87. The molecular weight excluding hydrogens is 280 g/mol. The van der Waals surface area contributed by atoms with Crippen molar-refractivity contribution in [1.29, 1.82) is 0 Å². The van der Waals surface area contributed by atoms with Crippen LogP contribution in [-0.4, -0.2) is 69.0 Å². The Morgan fingerprint density at radius 3 is 2.55 bits per heavy atom. The van der Waals surface area contributed by atoms with Gasteiger partial charge in [-0.2, -0.15) is 0 Å². The molecule has 2 aliphatic heterocycles. The SMILES string of the molecule is O=C1C=CN([C@@H]2O[C@@](CO)(C(F)F)[C@@H](O)[C@H]2O)C(=O)C1. The van der Waals surface area contributed by atoms with Gasteiger partial charge in [0.25, 0.3) is 6.43 Å². The van der Waals surface area contributed by atoms with Crippen molar-refractivity contribution in [2.75, 3.05) is 6.61 Å². The van der Waals surface area contributed by atoms with Crippen LogP contribution in [0.3, 0.4) is 0 Å². The molecule has 2 rings (SSSR count). The van der Waals surface area contributed by atoms with Gasteiger partial charge in [-0.25, -0.2) is 8.78 Å². The average Bonchev–Trinajstić information content (AvgIpc) is 2.64. The highest BCUT2D eigenvalue weighted by molar-refractivity contribution is 6.06. The Hall–Kier alpha value is -1.42. The van der Waals surface area contributed by atoms with Crippen LogP contribution >= 0.6 is 0 Å². The number of carbonyl (C=O) groups excluding carboxylic acids is 2. The monoisotopic (exact) mass is 293 g/mol. The summed E-state index contributed by atoms with van der Waals surface area (Å²) in [6.45, 7) is -1.23. The largest absolute Gasteiger partial charge is 0.393 e. The summed E-state index contributed by atoms with van der Waals surface area (Å²) in [6.07, 6.45) is -7.23. The van der Waals surface area contributed by atoms with Crippen molar-refractivity contribution in [3.63, 3.8) is 0 Å². The molecule has 0 bridgehead atoms. The van der Waals surface area contributed by atoms with Crippen LogP contribution in [0, 0.1) is 0 Å². The number of hydrogen-bond acceptors (Lipinski definition) is 6. The van der Waals surface area contributed by atoms with Crippen LogP contribution in [0.4, 0.5) is 8.78 Å². The van der Waals surface area contributed by atoms with Crippen molar-refractivity contribution in [1.82, 2.24) is 4.90 Å². The zero-order valence-corrected chi connectivity index (χ0v) is 10.1. The number of alkyl halides is 2. The number of aliphatic hydroxyl groups excluding tert-OH is 3. The molecule has 0 radical (unpaired) electrons. The lowest BCUT2D eigenvalue weighted by molar-refractivity contribution is -0.202. The number of nitrogens with zero attached hydrogens (tertiary/aromatic N) is 1. The first kappa shape index (κ1) is 15.0. The Morgan fingerprint density at radius 2 is 2.10 bits per heavy atom. The van der Waals surface area contributed by atoms with E-state index in [9.17, 15) is 28.6 Å². The number of hydrogen-bond donors (Lipinski definition) is 3. The maximum absolute atomic E-state index is 13.0. The highest BCUT2D eigenvalue weighted by atomic mass is 19.3. The molecule has 0 aromatic carbocycles. The van der Waals surface area contributed by atoms with Crippen molar-refractivity contribution < 1.29 is 38.4 Å². The van der Waals surface area contributed by atoms with Gasteiger partial charge in [-0.05, 0) is 6.08 Å². The molecule has 0 unspecified atom stereocenters. The van der Waals surface area contributed by atoms with Crippen LogP contribution in [-0.2, 0) is 14.3 Å². The Morgan fingerprint density at radius 1 is 1.45 bits per heavy atom. The van der Waals surface area contributed by atoms with Crippen molar-refractivity contribution in [3.05, 3.63) is 12.3 Å². The van der Waals surface area contributed by atoms with E-state index in [4.69, 9.17) is 9.84 Å². The van der Waals surface area contributed by atoms with Crippen LogP contribution < -0.4 is 0 Å². The van der Waals surface area contributed by atoms with Crippen LogP contribution in [0.25, 0.3) is 0 Å². The third-order valence-corrected chi connectivity index (χ3v) is 3.38. The maximum atomic E-state index is 13.0. The molecule has 1 amide bonds. The zero-order valence-electron chi connectivity index (χ0n) is 10.1. The second-order valence-corrected chi connectivity index (χ2v) is 4.62. The molecule has 112 valence electrons. The number of ether oxygens (including phenoxy) is 1. The number of allylic oxidation sites excluding steroid dienone is 1. The first-order chi connectivity index (χ1) is 9.33. The second-order valence-electron chi connectivity index (χ2n) is 4.62. The lowest BCUT2D eigenvalue weighted by atomic mass is 9.96.